The monoisotopic (exact) mass is 405 g/mol. The molecule has 2 bridgehead atoms. The van der Waals surface area contributed by atoms with Gasteiger partial charge in [-0.1, -0.05) is 6.07 Å². The van der Waals surface area contributed by atoms with Gasteiger partial charge in [0.2, 0.25) is 5.91 Å². The van der Waals surface area contributed by atoms with E-state index in [1.807, 2.05) is 30.0 Å². The number of amides is 2. The Bertz CT molecular complexity index is 1060. The van der Waals surface area contributed by atoms with Crippen molar-refractivity contribution in [1.82, 2.24) is 34.9 Å². The van der Waals surface area contributed by atoms with Crippen LogP contribution >= 0.6 is 0 Å². The Labute approximate surface area is 173 Å². The van der Waals surface area contributed by atoms with Crippen molar-refractivity contribution in [3.05, 3.63) is 60.1 Å². The number of nitrogens with zero attached hydrogens (tertiary/aromatic N) is 5. The van der Waals surface area contributed by atoms with Gasteiger partial charge in [-0.15, -0.1) is 0 Å². The van der Waals surface area contributed by atoms with Crippen LogP contribution in [0.4, 0.5) is 0 Å². The van der Waals surface area contributed by atoms with Crippen LogP contribution in [0.5, 0.6) is 0 Å². The van der Waals surface area contributed by atoms with Crippen molar-refractivity contribution in [3.63, 3.8) is 0 Å². The van der Waals surface area contributed by atoms with Gasteiger partial charge in [0.15, 0.2) is 5.82 Å². The van der Waals surface area contributed by atoms with E-state index in [-0.39, 0.29) is 29.7 Å². The molecule has 0 radical (unpaired) electrons. The molecule has 0 unspecified atom stereocenters. The molecule has 2 amide bonds. The molecule has 3 atom stereocenters. The Balaban J connectivity index is 1.32. The highest BCUT2D eigenvalue weighted by Crippen LogP contribution is 2.43. The van der Waals surface area contributed by atoms with Gasteiger partial charge in [-0.25, -0.2) is 14.6 Å². The number of rotatable bonds is 5. The summed E-state index contributed by atoms with van der Waals surface area (Å²) in [7, 11) is 0. The SMILES string of the molecule is Cc1c(C(=O)N2C[C@@H]3CC[C@H]2[C@@H]3C(=O)NCc2ncc[nH]2)cnn1-c1ccccn1. The molecule has 2 N–H and O–H groups in total. The number of aromatic amines is 1. The van der Waals surface area contributed by atoms with E-state index >= 15 is 0 Å². The molecule has 5 rings (SSSR count). The van der Waals surface area contributed by atoms with Gasteiger partial charge in [0.05, 0.1) is 29.9 Å². The van der Waals surface area contributed by atoms with Crippen LogP contribution in [-0.2, 0) is 11.3 Å². The summed E-state index contributed by atoms with van der Waals surface area (Å²) in [5.41, 5.74) is 1.31. The Morgan fingerprint density at radius 3 is 2.90 bits per heavy atom. The first kappa shape index (κ1) is 18.5. The third kappa shape index (κ3) is 3.06. The Morgan fingerprint density at radius 1 is 1.23 bits per heavy atom. The molecule has 9 nitrogen and oxygen atoms in total. The highest BCUT2D eigenvalue weighted by Gasteiger charge is 2.52. The quantitative estimate of drug-likeness (QED) is 0.668. The number of aromatic nitrogens is 5. The molecule has 1 saturated carbocycles. The van der Waals surface area contributed by atoms with E-state index in [0.29, 0.717) is 24.5 Å². The number of hydrogen-bond acceptors (Lipinski definition) is 5. The summed E-state index contributed by atoms with van der Waals surface area (Å²) in [6, 6.07) is 5.51. The Morgan fingerprint density at radius 2 is 2.13 bits per heavy atom. The highest BCUT2D eigenvalue weighted by molar-refractivity contribution is 5.96. The molecule has 9 heteroatoms. The number of nitrogens with one attached hydrogen (secondary N) is 2. The maximum atomic E-state index is 13.3. The zero-order valence-corrected chi connectivity index (χ0v) is 16.7. The van der Waals surface area contributed by atoms with Crippen LogP contribution in [0, 0.1) is 18.8 Å². The van der Waals surface area contributed by atoms with E-state index in [1.54, 1.807) is 29.5 Å². The smallest absolute Gasteiger partial charge is 0.257 e. The van der Waals surface area contributed by atoms with Crippen molar-refractivity contribution in [2.75, 3.05) is 6.54 Å². The van der Waals surface area contributed by atoms with E-state index in [1.165, 1.54) is 0 Å². The first-order valence-electron chi connectivity index (χ1n) is 10.2. The molecule has 1 aliphatic carbocycles. The fourth-order valence-electron chi connectivity index (χ4n) is 4.79. The summed E-state index contributed by atoms with van der Waals surface area (Å²) in [6.07, 6.45) is 8.51. The van der Waals surface area contributed by atoms with E-state index < -0.39 is 0 Å². The molecule has 0 spiro atoms. The predicted molar refractivity (Wildman–Crippen MR) is 108 cm³/mol. The lowest BCUT2D eigenvalue weighted by Crippen LogP contribution is -2.41. The standard InChI is InChI=1S/C21H23N7O2/c1-13-15(10-26-28(13)18-4-2-3-7-24-18)21(30)27-12-14-5-6-16(27)19(14)20(29)25-11-17-22-8-9-23-17/h2-4,7-10,14,16,19H,5-6,11-12H2,1H3,(H,22,23)(H,25,29)/t14-,16-,19+/m0/s1. The zero-order valence-electron chi connectivity index (χ0n) is 16.7. The number of carbonyl (C=O) groups is 2. The molecular weight excluding hydrogens is 382 g/mol. The Hall–Kier alpha value is -3.49. The molecule has 1 saturated heterocycles. The highest BCUT2D eigenvalue weighted by atomic mass is 16.2. The van der Waals surface area contributed by atoms with Gasteiger partial charge in [0.25, 0.3) is 5.91 Å². The van der Waals surface area contributed by atoms with Crippen molar-refractivity contribution in [1.29, 1.82) is 0 Å². The molecule has 3 aromatic heterocycles. The molecule has 3 aromatic rings. The van der Waals surface area contributed by atoms with E-state index in [9.17, 15) is 9.59 Å². The number of piperidine rings is 1. The van der Waals surface area contributed by atoms with Gasteiger partial charge in [0.1, 0.15) is 5.82 Å². The van der Waals surface area contributed by atoms with Crippen LogP contribution < -0.4 is 5.32 Å². The van der Waals surface area contributed by atoms with Crippen LogP contribution in [-0.4, -0.2) is 54.0 Å². The summed E-state index contributed by atoms with van der Waals surface area (Å²) in [5.74, 6) is 1.35. The van der Waals surface area contributed by atoms with Crippen molar-refractivity contribution < 1.29 is 9.59 Å². The minimum absolute atomic E-state index is 0.00453. The number of likely N-dealkylation sites (tertiary alicyclic amines) is 1. The summed E-state index contributed by atoms with van der Waals surface area (Å²) >= 11 is 0. The lowest BCUT2D eigenvalue weighted by Gasteiger charge is -2.27. The van der Waals surface area contributed by atoms with Gasteiger partial charge in [-0.05, 0) is 37.8 Å². The molecule has 2 aliphatic rings. The predicted octanol–water partition coefficient (Wildman–Crippen LogP) is 1.47. The van der Waals surface area contributed by atoms with Crippen LogP contribution in [0.1, 0.15) is 34.7 Å². The summed E-state index contributed by atoms with van der Waals surface area (Å²) in [4.78, 5) is 39.5. The van der Waals surface area contributed by atoms with Gasteiger partial charge in [0, 0.05) is 31.2 Å². The first-order chi connectivity index (χ1) is 14.6. The summed E-state index contributed by atoms with van der Waals surface area (Å²) < 4.78 is 1.68. The minimum atomic E-state index is -0.171. The lowest BCUT2D eigenvalue weighted by molar-refractivity contribution is -0.126. The average Bonchev–Trinajstić information content (AvgIpc) is 3.56. The second kappa shape index (κ2) is 7.40. The number of carbonyl (C=O) groups excluding carboxylic acids is 2. The van der Waals surface area contributed by atoms with Gasteiger partial charge in [-0.2, -0.15) is 5.10 Å². The molecule has 154 valence electrons. The third-order valence-corrected chi connectivity index (χ3v) is 6.24. The van der Waals surface area contributed by atoms with Gasteiger partial charge in [-0.3, -0.25) is 9.59 Å². The Kier molecular flexibility index (Phi) is 4.57. The van der Waals surface area contributed by atoms with Crippen molar-refractivity contribution in [3.8, 4) is 5.82 Å². The number of pyridine rings is 1. The molecule has 1 aliphatic heterocycles. The largest absolute Gasteiger partial charge is 0.349 e. The van der Waals surface area contributed by atoms with E-state index in [4.69, 9.17) is 0 Å². The number of hydrogen-bond donors (Lipinski definition) is 2. The fourth-order valence-corrected chi connectivity index (χ4v) is 4.79. The number of H-pyrrole nitrogens is 1. The maximum absolute atomic E-state index is 13.3. The topological polar surface area (TPSA) is 109 Å². The van der Waals surface area contributed by atoms with Crippen LogP contribution in [0.25, 0.3) is 5.82 Å². The summed E-state index contributed by atoms with van der Waals surface area (Å²) in [5, 5.41) is 7.34. The normalized spacial score (nSPS) is 22.4. The van der Waals surface area contributed by atoms with E-state index in [2.05, 4.69) is 25.4 Å². The summed E-state index contributed by atoms with van der Waals surface area (Å²) in [6.45, 7) is 2.85. The zero-order chi connectivity index (χ0) is 20.7. The third-order valence-electron chi connectivity index (χ3n) is 6.24. The number of fused-ring (bicyclic) bond motifs is 2. The molecule has 30 heavy (non-hydrogen) atoms. The first-order valence-corrected chi connectivity index (χ1v) is 10.2. The molecule has 0 aromatic carbocycles. The van der Waals surface area contributed by atoms with Crippen LogP contribution in [0.3, 0.4) is 0 Å². The molecule has 2 fully saturated rings. The van der Waals surface area contributed by atoms with Gasteiger partial charge < -0.3 is 15.2 Å². The lowest BCUT2D eigenvalue weighted by atomic mass is 9.97. The van der Waals surface area contributed by atoms with Crippen molar-refractivity contribution in [2.45, 2.75) is 32.4 Å². The second-order valence-corrected chi connectivity index (χ2v) is 7.89. The number of imidazole rings is 1. The fraction of sp³-hybridized carbons (Fsp3) is 0.381. The average molecular weight is 405 g/mol. The van der Waals surface area contributed by atoms with E-state index in [0.717, 1.165) is 24.4 Å². The van der Waals surface area contributed by atoms with Crippen molar-refractivity contribution in [2.24, 2.45) is 11.8 Å². The van der Waals surface area contributed by atoms with Crippen LogP contribution in [0.15, 0.2) is 43.0 Å². The second-order valence-electron chi connectivity index (χ2n) is 7.89. The minimum Gasteiger partial charge on any atom is -0.349 e. The molecule has 4 heterocycles. The van der Waals surface area contributed by atoms with Crippen molar-refractivity contribution >= 4 is 11.8 Å². The van der Waals surface area contributed by atoms with Gasteiger partial charge >= 0.3 is 0 Å². The van der Waals surface area contributed by atoms with Crippen LogP contribution in [0.2, 0.25) is 0 Å². The maximum Gasteiger partial charge on any atom is 0.257 e. The molecular formula is C21H23N7O2.